The van der Waals surface area contributed by atoms with E-state index in [9.17, 15) is 0 Å². The van der Waals surface area contributed by atoms with Gasteiger partial charge in [0.2, 0.25) is 0 Å². The van der Waals surface area contributed by atoms with Crippen LogP contribution in [-0.4, -0.2) is 28.0 Å². The molecule has 0 radical (unpaired) electrons. The van der Waals surface area contributed by atoms with Gasteiger partial charge in [0.05, 0.1) is 16.8 Å². The van der Waals surface area contributed by atoms with E-state index in [2.05, 4.69) is 10.2 Å². The molecule has 2 aromatic heterocycles. The Bertz CT molecular complexity index is 922. The second kappa shape index (κ2) is 6.65. The van der Waals surface area contributed by atoms with Gasteiger partial charge in [0.15, 0.2) is 22.5 Å². The smallest absolute Gasteiger partial charge is 0.191 e. The van der Waals surface area contributed by atoms with Gasteiger partial charge in [0.25, 0.3) is 0 Å². The van der Waals surface area contributed by atoms with E-state index in [0.29, 0.717) is 35.5 Å². The monoisotopic (exact) mass is 377 g/mol. The van der Waals surface area contributed by atoms with Crippen molar-refractivity contribution in [1.82, 2.24) is 14.8 Å². The maximum absolute atomic E-state index is 6.29. The van der Waals surface area contributed by atoms with Crippen LogP contribution in [-0.2, 0) is 12.8 Å². The van der Waals surface area contributed by atoms with E-state index >= 15 is 0 Å². The lowest BCUT2D eigenvalue weighted by Crippen LogP contribution is -2.15. The molecule has 0 fully saturated rings. The number of fused-ring (bicyclic) bond motifs is 1. The summed E-state index contributed by atoms with van der Waals surface area (Å²) in [6.07, 6.45) is 1.66. The topological polar surface area (TPSA) is 62.3 Å². The number of furan rings is 1. The molecule has 0 N–H and O–H groups in total. The van der Waals surface area contributed by atoms with Crippen LogP contribution >= 0.6 is 23.4 Å². The third kappa shape index (κ3) is 3.09. The Morgan fingerprint density at radius 1 is 1.24 bits per heavy atom. The van der Waals surface area contributed by atoms with Crippen molar-refractivity contribution in [3.63, 3.8) is 0 Å². The molecule has 1 aromatic carbocycles. The van der Waals surface area contributed by atoms with Crippen LogP contribution in [0.4, 0.5) is 0 Å². The normalized spacial score (nSPS) is 13.2. The van der Waals surface area contributed by atoms with Gasteiger partial charge >= 0.3 is 0 Å². The van der Waals surface area contributed by atoms with Gasteiger partial charge in [-0.2, -0.15) is 0 Å². The van der Waals surface area contributed by atoms with E-state index < -0.39 is 0 Å². The molecule has 130 valence electrons. The Morgan fingerprint density at radius 2 is 2.08 bits per heavy atom. The Labute approximate surface area is 154 Å². The summed E-state index contributed by atoms with van der Waals surface area (Å²) in [6, 6.07) is 5.76. The number of rotatable bonds is 4. The van der Waals surface area contributed by atoms with Crippen molar-refractivity contribution in [1.29, 1.82) is 0 Å². The quantitative estimate of drug-likeness (QED) is 0.638. The molecule has 0 amide bonds. The zero-order chi connectivity index (χ0) is 17.4. The number of nitrogens with zero attached hydrogens (tertiary/aromatic N) is 3. The largest absolute Gasteiger partial charge is 0.486 e. The number of aryl methyl sites for hydroxylation is 1. The summed E-state index contributed by atoms with van der Waals surface area (Å²) in [5.41, 5.74) is 1.99. The third-order valence-corrected chi connectivity index (χ3v) is 5.33. The highest BCUT2D eigenvalue weighted by atomic mass is 35.5. The average Bonchev–Trinajstić information content (AvgIpc) is 3.18. The average molecular weight is 378 g/mol. The predicted molar refractivity (Wildman–Crippen MR) is 95.4 cm³/mol. The molecule has 0 aliphatic carbocycles. The summed E-state index contributed by atoms with van der Waals surface area (Å²) in [7, 11) is 1.95. The van der Waals surface area contributed by atoms with E-state index in [1.165, 1.54) is 0 Å². The van der Waals surface area contributed by atoms with E-state index in [0.717, 1.165) is 27.9 Å². The van der Waals surface area contributed by atoms with Gasteiger partial charge in [-0.3, -0.25) is 0 Å². The van der Waals surface area contributed by atoms with Crippen molar-refractivity contribution in [2.45, 2.75) is 17.8 Å². The highest BCUT2D eigenvalue weighted by molar-refractivity contribution is 7.98. The van der Waals surface area contributed by atoms with Crippen LogP contribution in [0.2, 0.25) is 5.02 Å². The van der Waals surface area contributed by atoms with Crippen molar-refractivity contribution < 1.29 is 13.9 Å². The van der Waals surface area contributed by atoms with Crippen LogP contribution in [0, 0.1) is 6.92 Å². The first kappa shape index (κ1) is 16.4. The van der Waals surface area contributed by atoms with Gasteiger partial charge in [0.1, 0.15) is 19.0 Å². The molecule has 0 atom stereocenters. The van der Waals surface area contributed by atoms with Crippen molar-refractivity contribution >= 4 is 23.4 Å². The molecule has 25 heavy (non-hydrogen) atoms. The minimum Gasteiger partial charge on any atom is -0.486 e. The number of hydrogen-bond acceptors (Lipinski definition) is 6. The summed E-state index contributed by atoms with van der Waals surface area (Å²) in [4.78, 5) is 0. The molecule has 0 bridgehead atoms. The van der Waals surface area contributed by atoms with E-state index in [4.69, 9.17) is 25.5 Å². The molecule has 8 heteroatoms. The minimum absolute atomic E-state index is 0.524. The molecule has 0 saturated carbocycles. The van der Waals surface area contributed by atoms with Crippen LogP contribution in [0.5, 0.6) is 11.5 Å². The lowest BCUT2D eigenvalue weighted by molar-refractivity contribution is 0.171. The molecule has 4 rings (SSSR count). The number of ether oxygens (including phenoxy) is 2. The lowest BCUT2D eigenvalue weighted by Gasteiger charge is -2.20. The summed E-state index contributed by atoms with van der Waals surface area (Å²) < 4.78 is 18.5. The fourth-order valence-corrected chi connectivity index (χ4v) is 3.82. The van der Waals surface area contributed by atoms with Gasteiger partial charge in [-0.25, -0.2) is 0 Å². The van der Waals surface area contributed by atoms with Crippen LogP contribution in [0.25, 0.3) is 11.4 Å². The zero-order valence-corrected chi connectivity index (χ0v) is 15.4. The molecule has 1 aliphatic rings. The Kier molecular flexibility index (Phi) is 4.35. The maximum atomic E-state index is 6.29. The molecular formula is C17H16ClN3O3S. The Balaban J connectivity index is 1.54. The number of aromatic nitrogens is 3. The molecule has 0 saturated heterocycles. The first-order valence-electron chi connectivity index (χ1n) is 7.78. The summed E-state index contributed by atoms with van der Waals surface area (Å²) in [6.45, 7) is 2.97. The standard InChI is InChI=1S/C17H16ClN3O3S/c1-10-12(3-4-22-10)16-19-20-17(21(16)2)25-9-11-7-13(18)15-14(8-11)23-5-6-24-15/h3-4,7-8H,5-6,9H2,1-2H3. The minimum atomic E-state index is 0.524. The number of halogens is 1. The molecule has 0 unspecified atom stereocenters. The molecule has 3 heterocycles. The Morgan fingerprint density at radius 3 is 2.88 bits per heavy atom. The van der Waals surface area contributed by atoms with Crippen molar-refractivity contribution in [3.05, 3.63) is 40.8 Å². The molecule has 0 spiro atoms. The third-order valence-electron chi connectivity index (χ3n) is 3.96. The molecule has 6 nitrogen and oxygen atoms in total. The second-order valence-electron chi connectivity index (χ2n) is 5.65. The Hall–Kier alpha value is -2.12. The van der Waals surface area contributed by atoms with E-state index in [1.54, 1.807) is 18.0 Å². The van der Waals surface area contributed by atoms with E-state index in [-0.39, 0.29) is 0 Å². The lowest BCUT2D eigenvalue weighted by atomic mass is 10.2. The molecule has 3 aromatic rings. The summed E-state index contributed by atoms with van der Waals surface area (Å²) in [5, 5.41) is 9.95. The van der Waals surface area contributed by atoms with Gasteiger partial charge in [-0.05, 0) is 30.7 Å². The molecule has 1 aliphatic heterocycles. The summed E-state index contributed by atoms with van der Waals surface area (Å²) >= 11 is 7.88. The van der Waals surface area contributed by atoms with E-state index in [1.807, 2.05) is 36.7 Å². The van der Waals surface area contributed by atoms with Gasteiger partial charge in [-0.1, -0.05) is 23.4 Å². The fourth-order valence-electron chi connectivity index (χ4n) is 2.69. The van der Waals surface area contributed by atoms with Crippen molar-refractivity contribution in [2.75, 3.05) is 13.2 Å². The second-order valence-corrected chi connectivity index (χ2v) is 7.00. The van der Waals surface area contributed by atoms with Crippen LogP contribution in [0.3, 0.4) is 0 Å². The van der Waals surface area contributed by atoms with Crippen LogP contribution in [0.15, 0.2) is 34.0 Å². The molecular weight excluding hydrogens is 362 g/mol. The first-order chi connectivity index (χ1) is 12.1. The SMILES string of the molecule is Cc1occc1-c1nnc(SCc2cc(Cl)c3c(c2)OCCO3)n1C. The maximum Gasteiger partial charge on any atom is 0.191 e. The number of benzene rings is 1. The predicted octanol–water partition coefficient (Wildman–Crippen LogP) is 4.10. The van der Waals surface area contributed by atoms with Gasteiger partial charge in [-0.15, -0.1) is 10.2 Å². The van der Waals surface area contributed by atoms with Crippen LogP contribution in [0.1, 0.15) is 11.3 Å². The first-order valence-corrected chi connectivity index (χ1v) is 9.14. The zero-order valence-electron chi connectivity index (χ0n) is 13.8. The summed E-state index contributed by atoms with van der Waals surface area (Å²) in [5.74, 6) is 3.63. The fraction of sp³-hybridized carbons (Fsp3) is 0.294. The van der Waals surface area contributed by atoms with Gasteiger partial charge < -0.3 is 18.5 Å². The number of thioether (sulfide) groups is 1. The highest BCUT2D eigenvalue weighted by Crippen LogP contribution is 2.39. The van der Waals surface area contributed by atoms with Gasteiger partial charge in [0, 0.05) is 12.8 Å². The van der Waals surface area contributed by atoms with Crippen molar-refractivity contribution in [2.24, 2.45) is 7.05 Å². The highest BCUT2D eigenvalue weighted by Gasteiger charge is 2.18. The number of hydrogen-bond donors (Lipinski definition) is 0. The van der Waals surface area contributed by atoms with Crippen LogP contribution < -0.4 is 9.47 Å². The van der Waals surface area contributed by atoms with Crippen molar-refractivity contribution in [3.8, 4) is 22.9 Å².